The van der Waals surface area contributed by atoms with Crippen molar-refractivity contribution in [2.45, 2.75) is 6.92 Å². The standard InChI is InChI=1S/C11H12ClFO3/c1-7(11(14)15-2)6-16-8-3-4-10(13)9(12)5-8/h3-5,7H,6H2,1-2H3. The quantitative estimate of drug-likeness (QED) is 0.767. The van der Waals surface area contributed by atoms with Crippen molar-refractivity contribution in [1.82, 2.24) is 0 Å². The van der Waals surface area contributed by atoms with Gasteiger partial charge in [-0.05, 0) is 19.1 Å². The fraction of sp³-hybridized carbons (Fsp3) is 0.364. The molecule has 1 rings (SSSR count). The summed E-state index contributed by atoms with van der Waals surface area (Å²) in [6, 6.07) is 4.02. The van der Waals surface area contributed by atoms with Crippen LogP contribution in [-0.2, 0) is 9.53 Å². The van der Waals surface area contributed by atoms with Crippen molar-refractivity contribution in [2.24, 2.45) is 5.92 Å². The van der Waals surface area contributed by atoms with E-state index < -0.39 is 5.82 Å². The number of carbonyl (C=O) groups excluding carboxylic acids is 1. The van der Waals surface area contributed by atoms with Crippen molar-refractivity contribution >= 4 is 17.6 Å². The van der Waals surface area contributed by atoms with Gasteiger partial charge in [-0.3, -0.25) is 4.79 Å². The summed E-state index contributed by atoms with van der Waals surface area (Å²) in [7, 11) is 1.31. The van der Waals surface area contributed by atoms with Gasteiger partial charge in [-0.25, -0.2) is 4.39 Å². The van der Waals surface area contributed by atoms with E-state index in [0.717, 1.165) is 0 Å². The van der Waals surface area contributed by atoms with E-state index >= 15 is 0 Å². The molecule has 1 aromatic rings. The minimum atomic E-state index is -0.505. The minimum Gasteiger partial charge on any atom is -0.493 e. The normalized spacial score (nSPS) is 12.0. The second-order valence-corrected chi connectivity index (χ2v) is 3.72. The van der Waals surface area contributed by atoms with E-state index in [2.05, 4.69) is 4.74 Å². The molecule has 0 aliphatic carbocycles. The Morgan fingerprint density at radius 1 is 1.56 bits per heavy atom. The van der Waals surface area contributed by atoms with E-state index in [-0.39, 0.29) is 23.5 Å². The summed E-state index contributed by atoms with van der Waals surface area (Å²) >= 11 is 5.57. The van der Waals surface area contributed by atoms with Gasteiger partial charge in [0.15, 0.2) is 0 Å². The number of benzene rings is 1. The van der Waals surface area contributed by atoms with Crippen LogP contribution in [-0.4, -0.2) is 19.7 Å². The second-order valence-electron chi connectivity index (χ2n) is 3.31. The Kier molecular flexibility index (Phi) is 4.55. The largest absolute Gasteiger partial charge is 0.493 e. The Morgan fingerprint density at radius 3 is 2.81 bits per heavy atom. The zero-order chi connectivity index (χ0) is 12.1. The minimum absolute atomic E-state index is 0.0109. The fourth-order valence-corrected chi connectivity index (χ4v) is 1.23. The van der Waals surface area contributed by atoms with Crippen LogP contribution in [0, 0.1) is 11.7 Å². The number of esters is 1. The highest BCUT2D eigenvalue weighted by atomic mass is 35.5. The van der Waals surface area contributed by atoms with Crippen molar-refractivity contribution in [3.8, 4) is 5.75 Å². The van der Waals surface area contributed by atoms with Crippen molar-refractivity contribution in [1.29, 1.82) is 0 Å². The van der Waals surface area contributed by atoms with Gasteiger partial charge in [-0.15, -0.1) is 0 Å². The topological polar surface area (TPSA) is 35.5 Å². The van der Waals surface area contributed by atoms with Crippen molar-refractivity contribution in [3.63, 3.8) is 0 Å². The van der Waals surface area contributed by atoms with E-state index in [1.807, 2.05) is 0 Å². The lowest BCUT2D eigenvalue weighted by molar-refractivity contribution is -0.145. The predicted octanol–water partition coefficient (Wildman–Crippen LogP) is 2.67. The molecule has 0 amide bonds. The molecule has 0 heterocycles. The van der Waals surface area contributed by atoms with Crippen LogP contribution in [0.25, 0.3) is 0 Å². The Bertz CT molecular complexity index is 381. The fourth-order valence-electron chi connectivity index (χ4n) is 1.06. The van der Waals surface area contributed by atoms with E-state index in [0.29, 0.717) is 5.75 Å². The van der Waals surface area contributed by atoms with Gasteiger partial charge < -0.3 is 9.47 Å². The average Bonchev–Trinajstić information content (AvgIpc) is 2.29. The molecular weight excluding hydrogens is 235 g/mol. The van der Waals surface area contributed by atoms with Crippen LogP contribution in [0.5, 0.6) is 5.75 Å². The molecule has 0 aliphatic rings. The first-order valence-electron chi connectivity index (χ1n) is 4.70. The van der Waals surface area contributed by atoms with Crippen LogP contribution in [0.1, 0.15) is 6.92 Å². The van der Waals surface area contributed by atoms with Crippen LogP contribution in [0.3, 0.4) is 0 Å². The summed E-state index contributed by atoms with van der Waals surface area (Å²) < 4.78 is 22.6. The zero-order valence-corrected chi connectivity index (χ0v) is 9.75. The van der Waals surface area contributed by atoms with Crippen molar-refractivity contribution in [3.05, 3.63) is 29.0 Å². The Labute approximate surface area is 98.1 Å². The number of ether oxygens (including phenoxy) is 2. The summed E-state index contributed by atoms with van der Waals surface area (Å²) in [5.41, 5.74) is 0. The molecule has 0 N–H and O–H groups in total. The maximum Gasteiger partial charge on any atom is 0.311 e. The summed E-state index contributed by atoms with van der Waals surface area (Å²) in [5, 5.41) is -0.0109. The lowest BCUT2D eigenvalue weighted by Crippen LogP contribution is -2.19. The molecule has 1 atom stereocenters. The van der Waals surface area contributed by atoms with Crippen LogP contribution in [0.4, 0.5) is 4.39 Å². The predicted molar refractivity (Wildman–Crippen MR) is 58.1 cm³/mol. The maximum atomic E-state index is 12.8. The third kappa shape index (κ3) is 3.38. The Balaban J connectivity index is 2.55. The molecule has 0 bridgehead atoms. The van der Waals surface area contributed by atoms with E-state index in [1.165, 1.54) is 25.3 Å². The maximum absolute atomic E-state index is 12.8. The summed E-state index contributed by atoms with van der Waals surface area (Å²) in [6.45, 7) is 1.84. The van der Waals surface area contributed by atoms with Crippen molar-refractivity contribution < 1.29 is 18.7 Å². The van der Waals surface area contributed by atoms with Gasteiger partial charge in [0.25, 0.3) is 0 Å². The number of halogens is 2. The molecule has 0 radical (unpaired) electrons. The van der Waals surface area contributed by atoms with Gasteiger partial charge in [-0.2, -0.15) is 0 Å². The van der Waals surface area contributed by atoms with E-state index in [9.17, 15) is 9.18 Å². The van der Waals surface area contributed by atoms with Gasteiger partial charge in [0.1, 0.15) is 18.2 Å². The van der Waals surface area contributed by atoms with E-state index in [1.54, 1.807) is 6.92 Å². The first-order valence-corrected chi connectivity index (χ1v) is 5.08. The molecule has 88 valence electrons. The molecule has 1 aromatic carbocycles. The summed E-state index contributed by atoms with van der Waals surface area (Å²) in [4.78, 5) is 11.1. The molecule has 0 fully saturated rings. The van der Waals surface area contributed by atoms with Gasteiger partial charge in [0.2, 0.25) is 0 Å². The van der Waals surface area contributed by atoms with Crippen LogP contribution >= 0.6 is 11.6 Å². The van der Waals surface area contributed by atoms with Crippen LogP contribution < -0.4 is 4.74 Å². The van der Waals surface area contributed by atoms with Gasteiger partial charge in [0, 0.05) is 6.07 Å². The molecule has 0 aromatic heterocycles. The molecule has 5 heteroatoms. The second kappa shape index (κ2) is 5.70. The van der Waals surface area contributed by atoms with Gasteiger partial charge in [0.05, 0.1) is 18.1 Å². The third-order valence-electron chi connectivity index (χ3n) is 1.99. The highest BCUT2D eigenvalue weighted by Crippen LogP contribution is 2.21. The number of hydrogen-bond acceptors (Lipinski definition) is 3. The molecule has 0 saturated heterocycles. The molecule has 0 saturated carbocycles. The SMILES string of the molecule is COC(=O)C(C)COc1ccc(F)c(Cl)c1. The number of carbonyl (C=O) groups is 1. The first kappa shape index (κ1) is 12.8. The third-order valence-corrected chi connectivity index (χ3v) is 2.28. The van der Waals surface area contributed by atoms with Gasteiger partial charge in [-0.1, -0.05) is 11.6 Å². The number of rotatable bonds is 4. The van der Waals surface area contributed by atoms with Crippen LogP contribution in [0.15, 0.2) is 18.2 Å². The number of hydrogen-bond donors (Lipinski definition) is 0. The Hall–Kier alpha value is -1.29. The zero-order valence-electron chi connectivity index (χ0n) is 9.00. The summed E-state index contributed by atoms with van der Waals surface area (Å²) in [5.74, 6) is -0.820. The molecule has 3 nitrogen and oxygen atoms in total. The molecule has 16 heavy (non-hydrogen) atoms. The molecule has 0 aliphatic heterocycles. The highest BCUT2D eigenvalue weighted by molar-refractivity contribution is 6.30. The highest BCUT2D eigenvalue weighted by Gasteiger charge is 2.13. The smallest absolute Gasteiger partial charge is 0.311 e. The van der Waals surface area contributed by atoms with Crippen LogP contribution in [0.2, 0.25) is 5.02 Å². The molecule has 0 spiro atoms. The van der Waals surface area contributed by atoms with Crippen molar-refractivity contribution in [2.75, 3.05) is 13.7 Å². The van der Waals surface area contributed by atoms with E-state index in [4.69, 9.17) is 16.3 Å². The lowest BCUT2D eigenvalue weighted by Gasteiger charge is -2.11. The molecule has 1 unspecified atom stereocenters. The average molecular weight is 247 g/mol. The summed E-state index contributed by atoms with van der Waals surface area (Å²) in [6.07, 6.45) is 0. The molecular formula is C11H12ClFO3. The number of methoxy groups -OCH3 is 1. The first-order chi connectivity index (χ1) is 7.54. The lowest BCUT2D eigenvalue weighted by atomic mass is 10.2. The monoisotopic (exact) mass is 246 g/mol. The van der Waals surface area contributed by atoms with Gasteiger partial charge >= 0.3 is 5.97 Å². The Morgan fingerprint density at radius 2 is 2.25 bits per heavy atom.